The first-order valence-electron chi connectivity index (χ1n) is 2.55. The second-order valence-corrected chi connectivity index (χ2v) is 1.62. The van der Waals surface area contributed by atoms with Gasteiger partial charge in [0.15, 0.2) is 0 Å². The van der Waals surface area contributed by atoms with Crippen molar-refractivity contribution in [3.8, 4) is 0 Å². The van der Waals surface area contributed by atoms with Gasteiger partial charge in [-0.05, 0) is 6.92 Å². The molecular weight excluding hydrogens is 122 g/mol. The first kappa shape index (κ1) is 8.39. The SMILES string of the molecule is [CH2]C(O)CNC(=O)CO. The second kappa shape index (κ2) is 4.29. The van der Waals surface area contributed by atoms with Gasteiger partial charge in [-0.15, -0.1) is 0 Å². The summed E-state index contributed by atoms with van der Waals surface area (Å²) in [5, 5.41) is 18.9. The Morgan fingerprint density at radius 1 is 1.78 bits per heavy atom. The lowest BCUT2D eigenvalue weighted by atomic mass is 10.4. The number of hydrogen-bond acceptors (Lipinski definition) is 3. The molecule has 0 aromatic carbocycles. The average Bonchev–Trinajstić information content (AvgIpc) is 1.83. The summed E-state index contributed by atoms with van der Waals surface area (Å²) in [5.41, 5.74) is 0. The van der Waals surface area contributed by atoms with Gasteiger partial charge in [0.05, 0.1) is 6.10 Å². The minimum Gasteiger partial charge on any atom is -0.391 e. The molecule has 0 spiro atoms. The molecule has 0 aliphatic heterocycles. The van der Waals surface area contributed by atoms with E-state index < -0.39 is 18.6 Å². The molecule has 4 nitrogen and oxygen atoms in total. The van der Waals surface area contributed by atoms with Crippen LogP contribution in [0.1, 0.15) is 0 Å². The molecule has 0 aromatic rings. The van der Waals surface area contributed by atoms with Crippen LogP contribution in [0, 0.1) is 6.92 Å². The Morgan fingerprint density at radius 3 is 2.67 bits per heavy atom. The van der Waals surface area contributed by atoms with E-state index in [0.29, 0.717) is 0 Å². The number of carbonyl (C=O) groups excluding carboxylic acids is 1. The molecule has 0 aliphatic carbocycles. The van der Waals surface area contributed by atoms with Crippen LogP contribution >= 0.6 is 0 Å². The first-order valence-corrected chi connectivity index (χ1v) is 2.55. The summed E-state index contributed by atoms with van der Waals surface area (Å²) in [6, 6.07) is 0. The van der Waals surface area contributed by atoms with Crippen molar-refractivity contribution in [3.05, 3.63) is 6.92 Å². The van der Waals surface area contributed by atoms with E-state index >= 15 is 0 Å². The van der Waals surface area contributed by atoms with Gasteiger partial charge < -0.3 is 15.5 Å². The highest BCUT2D eigenvalue weighted by Gasteiger charge is 1.98. The van der Waals surface area contributed by atoms with Crippen LogP contribution in [0.3, 0.4) is 0 Å². The lowest BCUT2D eigenvalue weighted by Crippen LogP contribution is -2.32. The van der Waals surface area contributed by atoms with Crippen LogP contribution in [0.2, 0.25) is 0 Å². The number of aliphatic hydroxyl groups is 2. The summed E-state index contributed by atoms with van der Waals surface area (Å²) < 4.78 is 0. The Labute approximate surface area is 53.5 Å². The highest BCUT2D eigenvalue weighted by Crippen LogP contribution is 1.72. The highest BCUT2D eigenvalue weighted by atomic mass is 16.3. The Bertz CT molecular complexity index is 92.2. The van der Waals surface area contributed by atoms with Crippen molar-refractivity contribution in [2.75, 3.05) is 13.2 Å². The van der Waals surface area contributed by atoms with Crippen molar-refractivity contribution in [2.24, 2.45) is 0 Å². The van der Waals surface area contributed by atoms with Gasteiger partial charge in [-0.3, -0.25) is 4.79 Å². The maximum absolute atomic E-state index is 10.2. The van der Waals surface area contributed by atoms with Crippen LogP contribution in [0.5, 0.6) is 0 Å². The number of hydrogen-bond donors (Lipinski definition) is 3. The zero-order valence-electron chi connectivity index (χ0n) is 5.00. The molecule has 0 bridgehead atoms. The molecule has 4 heteroatoms. The molecular formula is C5H10NO3. The molecule has 1 atom stereocenters. The van der Waals surface area contributed by atoms with Gasteiger partial charge in [0, 0.05) is 6.54 Å². The molecule has 0 aromatic heterocycles. The predicted molar refractivity (Wildman–Crippen MR) is 31.5 cm³/mol. The van der Waals surface area contributed by atoms with Crippen LogP contribution in [-0.2, 0) is 4.79 Å². The summed E-state index contributed by atoms with van der Waals surface area (Å²) in [6.07, 6.45) is -0.805. The molecule has 0 saturated heterocycles. The molecule has 0 heterocycles. The number of rotatable bonds is 3. The van der Waals surface area contributed by atoms with Crippen LogP contribution in [0.4, 0.5) is 0 Å². The molecule has 0 rings (SSSR count). The highest BCUT2D eigenvalue weighted by molar-refractivity contribution is 5.76. The van der Waals surface area contributed by atoms with E-state index in [2.05, 4.69) is 12.2 Å². The summed E-state index contributed by atoms with van der Waals surface area (Å²) in [4.78, 5) is 10.2. The van der Waals surface area contributed by atoms with Crippen LogP contribution in [0.25, 0.3) is 0 Å². The average molecular weight is 132 g/mol. The van der Waals surface area contributed by atoms with Gasteiger partial charge in [0.2, 0.25) is 5.91 Å². The third-order valence-corrected chi connectivity index (χ3v) is 0.678. The van der Waals surface area contributed by atoms with E-state index in [9.17, 15) is 4.79 Å². The molecule has 3 N–H and O–H groups in total. The van der Waals surface area contributed by atoms with E-state index in [0.717, 1.165) is 0 Å². The van der Waals surface area contributed by atoms with Crippen molar-refractivity contribution < 1.29 is 15.0 Å². The lowest BCUT2D eigenvalue weighted by Gasteiger charge is -2.03. The molecule has 53 valence electrons. The molecule has 9 heavy (non-hydrogen) atoms. The van der Waals surface area contributed by atoms with E-state index in [4.69, 9.17) is 10.2 Å². The van der Waals surface area contributed by atoms with Crippen LogP contribution < -0.4 is 5.32 Å². The number of nitrogens with one attached hydrogen (secondary N) is 1. The van der Waals surface area contributed by atoms with E-state index in [-0.39, 0.29) is 6.54 Å². The summed E-state index contributed by atoms with van der Waals surface area (Å²) in [5.74, 6) is -0.502. The largest absolute Gasteiger partial charge is 0.391 e. The van der Waals surface area contributed by atoms with Crippen molar-refractivity contribution in [1.29, 1.82) is 0 Å². The molecule has 0 saturated carbocycles. The zero-order chi connectivity index (χ0) is 7.28. The normalized spacial score (nSPS) is 12.8. The maximum Gasteiger partial charge on any atom is 0.245 e. The fourth-order valence-electron chi connectivity index (χ4n) is 0.288. The van der Waals surface area contributed by atoms with Gasteiger partial charge in [0.25, 0.3) is 0 Å². The van der Waals surface area contributed by atoms with Crippen molar-refractivity contribution in [2.45, 2.75) is 6.10 Å². The van der Waals surface area contributed by atoms with Gasteiger partial charge in [0.1, 0.15) is 6.61 Å². The fraction of sp³-hybridized carbons (Fsp3) is 0.600. The van der Waals surface area contributed by atoms with Gasteiger partial charge >= 0.3 is 0 Å². The number of carbonyl (C=O) groups is 1. The van der Waals surface area contributed by atoms with E-state index in [1.54, 1.807) is 0 Å². The fourth-order valence-corrected chi connectivity index (χ4v) is 0.288. The summed E-state index contributed by atoms with van der Waals surface area (Å²) in [6.45, 7) is 2.74. The number of amides is 1. The lowest BCUT2D eigenvalue weighted by molar-refractivity contribution is -0.124. The van der Waals surface area contributed by atoms with Crippen molar-refractivity contribution >= 4 is 5.91 Å². The number of aliphatic hydroxyl groups excluding tert-OH is 2. The predicted octanol–water partition coefficient (Wildman–Crippen LogP) is -1.71. The standard InChI is InChI=1S/C5H10NO3/c1-4(8)2-6-5(9)3-7/h4,7-8H,1-3H2,(H,6,9). The minimum atomic E-state index is -0.805. The van der Waals surface area contributed by atoms with Crippen molar-refractivity contribution in [1.82, 2.24) is 5.32 Å². The topological polar surface area (TPSA) is 69.6 Å². The van der Waals surface area contributed by atoms with Crippen LogP contribution in [-0.4, -0.2) is 35.4 Å². The van der Waals surface area contributed by atoms with Crippen molar-refractivity contribution in [3.63, 3.8) is 0 Å². The van der Waals surface area contributed by atoms with Gasteiger partial charge in [-0.2, -0.15) is 0 Å². The van der Waals surface area contributed by atoms with Gasteiger partial charge in [-0.1, -0.05) is 0 Å². The van der Waals surface area contributed by atoms with E-state index in [1.165, 1.54) is 0 Å². The van der Waals surface area contributed by atoms with E-state index in [1.807, 2.05) is 0 Å². The minimum absolute atomic E-state index is 0.0827. The quantitative estimate of drug-likeness (QED) is 0.428. The monoisotopic (exact) mass is 132 g/mol. The first-order chi connectivity index (χ1) is 4.16. The molecule has 0 aliphatic rings. The maximum atomic E-state index is 10.2. The second-order valence-electron chi connectivity index (χ2n) is 1.62. The third kappa shape index (κ3) is 5.26. The third-order valence-electron chi connectivity index (χ3n) is 0.678. The summed E-state index contributed by atoms with van der Waals surface area (Å²) in [7, 11) is 0. The summed E-state index contributed by atoms with van der Waals surface area (Å²) >= 11 is 0. The van der Waals surface area contributed by atoms with Gasteiger partial charge in [-0.25, -0.2) is 0 Å². The van der Waals surface area contributed by atoms with Crippen LogP contribution in [0.15, 0.2) is 0 Å². The Kier molecular flexibility index (Phi) is 4.00. The Balaban J connectivity index is 3.17. The molecule has 1 unspecified atom stereocenters. The molecule has 0 fully saturated rings. The smallest absolute Gasteiger partial charge is 0.245 e. The zero-order valence-corrected chi connectivity index (χ0v) is 5.00. The Morgan fingerprint density at radius 2 is 2.33 bits per heavy atom. The molecule has 1 radical (unpaired) electrons. The Hall–Kier alpha value is -0.610. The molecule has 1 amide bonds.